The molecule has 1 heterocycles. The van der Waals surface area contributed by atoms with E-state index in [2.05, 4.69) is 6.92 Å². The number of likely N-dealkylation sites (tertiary alicyclic amines) is 1. The zero-order chi connectivity index (χ0) is 7.45. The highest BCUT2D eigenvalue weighted by molar-refractivity contribution is 4.52. The lowest BCUT2D eigenvalue weighted by molar-refractivity contribution is -0.915. The first-order valence-corrected chi connectivity index (χ1v) is 4.29. The van der Waals surface area contributed by atoms with E-state index in [-0.39, 0.29) is 0 Å². The summed E-state index contributed by atoms with van der Waals surface area (Å²) in [5.41, 5.74) is 0. The maximum absolute atomic E-state index is 8.81. The van der Waals surface area contributed by atoms with Gasteiger partial charge in [0.2, 0.25) is 0 Å². The average molecular weight is 144 g/mol. The first-order chi connectivity index (χ1) is 4.83. The largest absolute Gasteiger partial charge is 0.391 e. The highest BCUT2D eigenvalue weighted by Crippen LogP contribution is 2.17. The minimum absolute atomic E-state index is 0.355. The van der Waals surface area contributed by atoms with Crippen LogP contribution in [-0.4, -0.2) is 42.4 Å². The molecule has 1 aliphatic heterocycles. The number of quaternary nitrogens is 1. The number of aliphatic hydroxyl groups is 1. The molecule has 0 aromatic heterocycles. The first kappa shape index (κ1) is 8.02. The Morgan fingerprint density at radius 2 is 1.90 bits per heavy atom. The highest BCUT2D eigenvalue weighted by atomic mass is 16.3. The first-order valence-electron chi connectivity index (χ1n) is 4.29. The Morgan fingerprint density at radius 3 is 2.30 bits per heavy atom. The molecule has 0 aromatic rings. The van der Waals surface area contributed by atoms with Crippen LogP contribution in [0.4, 0.5) is 0 Å². The van der Waals surface area contributed by atoms with Crippen molar-refractivity contribution in [2.45, 2.75) is 19.8 Å². The van der Waals surface area contributed by atoms with Gasteiger partial charge in [-0.05, 0) is 6.92 Å². The third-order valence-electron chi connectivity index (χ3n) is 2.76. The molecule has 0 amide bonds. The summed E-state index contributed by atoms with van der Waals surface area (Å²) < 4.78 is 1.16. The molecule has 0 spiro atoms. The molecular formula is C8H18NO+. The lowest BCUT2D eigenvalue weighted by atomic mass is 10.4. The molecule has 0 radical (unpaired) electrons. The van der Waals surface area contributed by atoms with Crippen molar-refractivity contribution in [1.82, 2.24) is 0 Å². The Bertz CT molecular complexity index is 97.4. The van der Waals surface area contributed by atoms with Gasteiger partial charge in [-0.3, -0.25) is 0 Å². The highest BCUT2D eigenvalue weighted by Gasteiger charge is 2.28. The van der Waals surface area contributed by atoms with Crippen LogP contribution in [0.5, 0.6) is 0 Å². The Balaban J connectivity index is 2.41. The van der Waals surface area contributed by atoms with Gasteiger partial charge in [0, 0.05) is 12.8 Å². The third-order valence-corrected chi connectivity index (χ3v) is 2.76. The molecule has 1 saturated heterocycles. The predicted molar refractivity (Wildman–Crippen MR) is 41.7 cm³/mol. The minimum Gasteiger partial charge on any atom is -0.391 e. The van der Waals surface area contributed by atoms with E-state index >= 15 is 0 Å². The average Bonchev–Trinajstić information content (AvgIpc) is 2.39. The molecule has 0 atom stereocenters. The topological polar surface area (TPSA) is 20.2 Å². The number of nitrogens with zero attached hydrogens (tertiary/aromatic N) is 1. The standard InChI is InChI=1S/C8H18NO/c1-2-9(7-8-10)5-3-4-6-9/h10H,2-8H2,1H3/q+1. The molecule has 0 aliphatic carbocycles. The SMILES string of the molecule is CC[N+]1(CCO)CCCC1. The van der Waals surface area contributed by atoms with Gasteiger partial charge in [0.25, 0.3) is 0 Å². The monoisotopic (exact) mass is 144 g/mol. The maximum atomic E-state index is 8.81. The maximum Gasteiger partial charge on any atom is 0.102 e. The van der Waals surface area contributed by atoms with Crippen LogP contribution in [0.3, 0.4) is 0 Å². The van der Waals surface area contributed by atoms with E-state index in [1.165, 1.54) is 32.5 Å². The van der Waals surface area contributed by atoms with Crippen molar-refractivity contribution >= 4 is 0 Å². The minimum atomic E-state index is 0.355. The molecular weight excluding hydrogens is 126 g/mol. The van der Waals surface area contributed by atoms with Crippen LogP contribution in [-0.2, 0) is 0 Å². The molecule has 2 heteroatoms. The fourth-order valence-electron chi connectivity index (χ4n) is 1.92. The van der Waals surface area contributed by atoms with Gasteiger partial charge in [0.15, 0.2) is 0 Å². The molecule has 1 fully saturated rings. The summed E-state index contributed by atoms with van der Waals surface area (Å²) in [7, 11) is 0. The zero-order valence-corrected chi connectivity index (χ0v) is 6.84. The molecule has 0 unspecified atom stereocenters. The van der Waals surface area contributed by atoms with Crippen LogP contribution in [0.2, 0.25) is 0 Å². The van der Waals surface area contributed by atoms with E-state index in [0.717, 1.165) is 11.0 Å². The van der Waals surface area contributed by atoms with Crippen LogP contribution < -0.4 is 0 Å². The summed E-state index contributed by atoms with van der Waals surface area (Å²) in [5.74, 6) is 0. The lowest BCUT2D eigenvalue weighted by Crippen LogP contribution is -2.46. The number of rotatable bonds is 3. The van der Waals surface area contributed by atoms with Gasteiger partial charge in [-0.15, -0.1) is 0 Å². The van der Waals surface area contributed by atoms with Crippen molar-refractivity contribution < 1.29 is 9.59 Å². The molecule has 1 N–H and O–H groups in total. The van der Waals surface area contributed by atoms with Crippen molar-refractivity contribution in [3.8, 4) is 0 Å². The Labute approximate surface area is 63.1 Å². The van der Waals surface area contributed by atoms with E-state index in [1.54, 1.807) is 0 Å². The van der Waals surface area contributed by atoms with Gasteiger partial charge in [0.1, 0.15) is 6.54 Å². The van der Waals surface area contributed by atoms with Gasteiger partial charge >= 0.3 is 0 Å². The number of likely N-dealkylation sites (N-methyl/N-ethyl adjacent to an activating group) is 1. The number of hydrogen-bond acceptors (Lipinski definition) is 1. The lowest BCUT2D eigenvalue weighted by Gasteiger charge is -2.32. The molecule has 0 aromatic carbocycles. The number of hydrogen-bond donors (Lipinski definition) is 1. The Morgan fingerprint density at radius 1 is 1.30 bits per heavy atom. The van der Waals surface area contributed by atoms with Gasteiger partial charge < -0.3 is 9.59 Å². The Kier molecular flexibility index (Phi) is 2.69. The summed E-state index contributed by atoms with van der Waals surface area (Å²) >= 11 is 0. The molecule has 2 nitrogen and oxygen atoms in total. The van der Waals surface area contributed by atoms with Gasteiger partial charge in [-0.1, -0.05) is 0 Å². The molecule has 1 aliphatic rings. The molecule has 10 heavy (non-hydrogen) atoms. The number of aliphatic hydroxyl groups excluding tert-OH is 1. The zero-order valence-electron chi connectivity index (χ0n) is 6.84. The molecule has 60 valence electrons. The van der Waals surface area contributed by atoms with Gasteiger partial charge in [-0.2, -0.15) is 0 Å². The van der Waals surface area contributed by atoms with Crippen molar-refractivity contribution in [3.05, 3.63) is 0 Å². The summed E-state index contributed by atoms with van der Waals surface area (Å²) in [5, 5.41) is 8.81. The van der Waals surface area contributed by atoms with E-state index in [1.807, 2.05) is 0 Å². The van der Waals surface area contributed by atoms with Gasteiger partial charge in [-0.25, -0.2) is 0 Å². The fraction of sp³-hybridized carbons (Fsp3) is 1.00. The van der Waals surface area contributed by atoms with Crippen molar-refractivity contribution in [2.24, 2.45) is 0 Å². The van der Waals surface area contributed by atoms with Crippen molar-refractivity contribution in [1.29, 1.82) is 0 Å². The van der Waals surface area contributed by atoms with Crippen LogP contribution in [0.25, 0.3) is 0 Å². The van der Waals surface area contributed by atoms with Crippen molar-refractivity contribution in [2.75, 3.05) is 32.8 Å². The summed E-state index contributed by atoms with van der Waals surface area (Å²) in [6, 6.07) is 0. The normalized spacial score (nSPS) is 23.4. The fourth-order valence-corrected chi connectivity index (χ4v) is 1.92. The van der Waals surface area contributed by atoms with Crippen LogP contribution in [0.15, 0.2) is 0 Å². The summed E-state index contributed by atoms with van der Waals surface area (Å²) in [4.78, 5) is 0. The van der Waals surface area contributed by atoms with E-state index < -0.39 is 0 Å². The smallest absolute Gasteiger partial charge is 0.102 e. The second kappa shape index (κ2) is 3.35. The molecule has 0 saturated carbocycles. The Hall–Kier alpha value is -0.0800. The molecule has 0 bridgehead atoms. The second-order valence-corrected chi connectivity index (χ2v) is 3.26. The quantitative estimate of drug-likeness (QED) is 0.575. The van der Waals surface area contributed by atoms with E-state index in [9.17, 15) is 0 Å². The van der Waals surface area contributed by atoms with Crippen molar-refractivity contribution in [3.63, 3.8) is 0 Å². The van der Waals surface area contributed by atoms with E-state index in [4.69, 9.17) is 5.11 Å². The third kappa shape index (κ3) is 1.50. The summed E-state index contributed by atoms with van der Waals surface area (Å²) in [6.45, 7) is 7.32. The molecule has 1 rings (SSSR count). The second-order valence-electron chi connectivity index (χ2n) is 3.26. The van der Waals surface area contributed by atoms with Crippen LogP contribution >= 0.6 is 0 Å². The van der Waals surface area contributed by atoms with Gasteiger partial charge in [0.05, 0.1) is 26.2 Å². The van der Waals surface area contributed by atoms with Crippen LogP contribution in [0.1, 0.15) is 19.8 Å². The van der Waals surface area contributed by atoms with E-state index in [0.29, 0.717) is 6.61 Å². The van der Waals surface area contributed by atoms with Crippen LogP contribution in [0, 0.1) is 0 Å². The summed E-state index contributed by atoms with van der Waals surface area (Å²) in [6.07, 6.45) is 2.71. The predicted octanol–water partition coefficient (Wildman–Crippen LogP) is 0.609.